The van der Waals surface area contributed by atoms with E-state index in [2.05, 4.69) is 0 Å². The summed E-state index contributed by atoms with van der Waals surface area (Å²) >= 11 is 0. The summed E-state index contributed by atoms with van der Waals surface area (Å²) in [5.41, 5.74) is 7.03. The molecule has 3 rings (SSSR count). The van der Waals surface area contributed by atoms with E-state index >= 15 is 0 Å². The second-order valence-electron chi connectivity index (χ2n) is 5.75. The lowest BCUT2D eigenvalue weighted by molar-refractivity contribution is -0.121. The average molecular weight is 315 g/mol. The quantitative estimate of drug-likeness (QED) is 0.928. The molecule has 1 amide bonds. The van der Waals surface area contributed by atoms with Crippen LogP contribution in [0.2, 0.25) is 0 Å². The van der Waals surface area contributed by atoms with E-state index in [4.69, 9.17) is 10.5 Å². The number of benzene rings is 1. The van der Waals surface area contributed by atoms with Gasteiger partial charge >= 0.3 is 0 Å². The number of hydrogen-bond acceptors (Lipinski definition) is 3. The Labute approximate surface area is 129 Å². The molecule has 6 heteroatoms. The monoisotopic (exact) mass is 314 g/mol. The molecule has 0 aromatic heterocycles. The van der Waals surface area contributed by atoms with Crippen LogP contribution in [0.5, 0.6) is 0 Å². The van der Waals surface area contributed by atoms with Crippen LogP contribution in [0.25, 0.3) is 0 Å². The summed E-state index contributed by atoms with van der Waals surface area (Å²) in [4.78, 5) is 14.1. The average Bonchev–Trinajstić information content (AvgIpc) is 2.75. The summed E-state index contributed by atoms with van der Waals surface area (Å²) in [5.74, 6) is -0.403. The number of hydrogen-bond donors (Lipinski definition) is 1. The highest BCUT2D eigenvalue weighted by Crippen LogP contribution is 2.53. The first kappa shape index (κ1) is 16.2. The summed E-state index contributed by atoms with van der Waals surface area (Å²) in [5, 5.41) is 0. The molecule has 21 heavy (non-hydrogen) atoms. The summed E-state index contributed by atoms with van der Waals surface area (Å²) < 4.78 is 19.1. The zero-order chi connectivity index (χ0) is 14.3. The maximum absolute atomic E-state index is 14.2. The number of halogens is 2. The number of ether oxygens (including phenoxy) is 1. The maximum atomic E-state index is 14.2. The first-order valence-corrected chi connectivity index (χ1v) is 6.94. The Morgan fingerprint density at radius 1 is 1.52 bits per heavy atom. The van der Waals surface area contributed by atoms with E-state index in [9.17, 15) is 9.18 Å². The number of fused-ring (bicyclic) bond motifs is 2. The number of nitrogens with two attached hydrogens (primary N) is 1. The maximum Gasteiger partial charge on any atom is 0.246 e. The van der Waals surface area contributed by atoms with Crippen molar-refractivity contribution in [3.05, 3.63) is 29.6 Å². The lowest BCUT2D eigenvalue weighted by Gasteiger charge is -2.39. The van der Waals surface area contributed by atoms with Crippen LogP contribution in [0.3, 0.4) is 0 Å². The second kappa shape index (κ2) is 5.91. The van der Waals surface area contributed by atoms with Gasteiger partial charge in [0.2, 0.25) is 5.91 Å². The van der Waals surface area contributed by atoms with Crippen LogP contribution in [-0.4, -0.2) is 32.2 Å². The Bertz CT molecular complexity index is 548. The van der Waals surface area contributed by atoms with E-state index in [1.807, 2.05) is 6.07 Å². The van der Waals surface area contributed by atoms with Crippen molar-refractivity contribution < 1.29 is 13.9 Å². The van der Waals surface area contributed by atoms with Crippen molar-refractivity contribution in [1.29, 1.82) is 0 Å². The van der Waals surface area contributed by atoms with Gasteiger partial charge in [0.1, 0.15) is 11.9 Å². The molecule has 1 aromatic rings. The molecule has 0 bridgehead atoms. The number of methoxy groups -OCH3 is 1. The van der Waals surface area contributed by atoms with Crippen LogP contribution in [0.1, 0.15) is 24.8 Å². The molecule has 1 saturated carbocycles. The number of carbonyl (C=O) groups excluding carboxylic acids is 1. The molecule has 1 unspecified atom stereocenters. The van der Waals surface area contributed by atoms with Gasteiger partial charge in [0.25, 0.3) is 0 Å². The summed E-state index contributed by atoms with van der Waals surface area (Å²) in [6.07, 6.45) is 2.95. The summed E-state index contributed by atoms with van der Waals surface area (Å²) in [6, 6.07) is 4.23. The fraction of sp³-hybridized carbons (Fsp3) is 0.533. The van der Waals surface area contributed by atoms with Crippen LogP contribution in [0.15, 0.2) is 18.2 Å². The van der Waals surface area contributed by atoms with Gasteiger partial charge in [0.05, 0.1) is 12.3 Å². The lowest BCUT2D eigenvalue weighted by Crippen LogP contribution is -2.49. The zero-order valence-corrected chi connectivity index (χ0v) is 12.8. The molecule has 2 N–H and O–H groups in total. The SMILES string of the molecule is COCC(N)C(=O)N1CC2(CCC2)c2c(F)cccc21.Cl. The van der Waals surface area contributed by atoms with E-state index in [1.54, 1.807) is 11.0 Å². The van der Waals surface area contributed by atoms with Gasteiger partial charge in [-0.05, 0) is 25.0 Å². The Balaban J connectivity index is 0.00000161. The minimum absolute atomic E-state index is 0. The molecule has 1 atom stereocenters. The van der Waals surface area contributed by atoms with Crippen LogP contribution in [0.4, 0.5) is 10.1 Å². The third-order valence-electron chi connectivity index (χ3n) is 4.51. The van der Waals surface area contributed by atoms with Crippen LogP contribution >= 0.6 is 12.4 Å². The van der Waals surface area contributed by atoms with Crippen molar-refractivity contribution in [3.8, 4) is 0 Å². The normalized spacial score (nSPS) is 19.7. The number of carbonyl (C=O) groups is 1. The van der Waals surface area contributed by atoms with Gasteiger partial charge in [-0.1, -0.05) is 12.5 Å². The van der Waals surface area contributed by atoms with E-state index in [1.165, 1.54) is 13.2 Å². The van der Waals surface area contributed by atoms with Crippen LogP contribution in [-0.2, 0) is 14.9 Å². The van der Waals surface area contributed by atoms with Gasteiger partial charge in [0, 0.05) is 24.6 Å². The van der Waals surface area contributed by atoms with Crippen molar-refractivity contribution >= 4 is 24.0 Å². The summed E-state index contributed by atoms with van der Waals surface area (Å²) in [6.45, 7) is 0.715. The number of amides is 1. The van der Waals surface area contributed by atoms with Gasteiger partial charge in [-0.25, -0.2) is 4.39 Å². The molecule has 116 valence electrons. The summed E-state index contributed by atoms with van der Waals surface area (Å²) in [7, 11) is 1.51. The Morgan fingerprint density at radius 3 is 2.81 bits per heavy atom. The van der Waals surface area contributed by atoms with Crippen molar-refractivity contribution in [2.45, 2.75) is 30.7 Å². The van der Waals surface area contributed by atoms with E-state index in [-0.39, 0.29) is 36.2 Å². The third kappa shape index (κ3) is 2.43. The predicted octanol–water partition coefficient (Wildman–Crippen LogP) is 1.99. The molecular weight excluding hydrogens is 295 g/mol. The Morgan fingerprint density at radius 2 is 2.24 bits per heavy atom. The minimum atomic E-state index is -0.702. The van der Waals surface area contributed by atoms with E-state index < -0.39 is 6.04 Å². The highest BCUT2D eigenvalue weighted by molar-refractivity contribution is 5.99. The third-order valence-corrected chi connectivity index (χ3v) is 4.51. The first-order valence-electron chi connectivity index (χ1n) is 6.94. The van der Waals surface area contributed by atoms with Gasteiger partial charge < -0.3 is 15.4 Å². The molecule has 1 aliphatic heterocycles. The van der Waals surface area contributed by atoms with Gasteiger partial charge in [-0.15, -0.1) is 12.4 Å². The Kier molecular flexibility index (Phi) is 4.56. The molecule has 1 aromatic carbocycles. The lowest BCUT2D eigenvalue weighted by atomic mass is 9.65. The molecule has 4 nitrogen and oxygen atoms in total. The van der Waals surface area contributed by atoms with Gasteiger partial charge in [0.15, 0.2) is 0 Å². The largest absolute Gasteiger partial charge is 0.383 e. The van der Waals surface area contributed by atoms with Crippen molar-refractivity contribution in [2.75, 3.05) is 25.2 Å². The predicted molar refractivity (Wildman–Crippen MR) is 81.4 cm³/mol. The molecule has 0 radical (unpaired) electrons. The van der Waals surface area contributed by atoms with E-state index in [0.717, 1.165) is 19.3 Å². The van der Waals surface area contributed by atoms with Gasteiger partial charge in [-0.2, -0.15) is 0 Å². The van der Waals surface area contributed by atoms with Crippen molar-refractivity contribution in [2.24, 2.45) is 5.73 Å². The van der Waals surface area contributed by atoms with Crippen molar-refractivity contribution in [1.82, 2.24) is 0 Å². The molecule has 0 saturated heterocycles. The topological polar surface area (TPSA) is 55.6 Å². The molecule has 1 aliphatic carbocycles. The Hall–Kier alpha value is -1.17. The molecule has 1 fully saturated rings. The zero-order valence-electron chi connectivity index (χ0n) is 12.0. The van der Waals surface area contributed by atoms with E-state index in [0.29, 0.717) is 17.8 Å². The minimum Gasteiger partial charge on any atom is -0.383 e. The van der Waals surface area contributed by atoms with Crippen molar-refractivity contribution in [3.63, 3.8) is 0 Å². The van der Waals surface area contributed by atoms with Crippen LogP contribution in [0, 0.1) is 5.82 Å². The highest BCUT2D eigenvalue weighted by atomic mass is 35.5. The highest BCUT2D eigenvalue weighted by Gasteiger charge is 2.50. The second-order valence-corrected chi connectivity index (χ2v) is 5.75. The first-order chi connectivity index (χ1) is 9.59. The smallest absolute Gasteiger partial charge is 0.246 e. The fourth-order valence-corrected chi connectivity index (χ4v) is 3.39. The number of rotatable bonds is 3. The number of anilines is 1. The number of nitrogens with zero attached hydrogens (tertiary/aromatic N) is 1. The standard InChI is InChI=1S/C15H19FN2O2.ClH/c1-20-8-11(17)14(19)18-9-15(6-3-7-15)13-10(16)4-2-5-12(13)18;/h2,4-5,11H,3,6-9,17H2,1H3;1H. The molecule has 2 aliphatic rings. The molecule has 1 spiro atoms. The van der Waals surface area contributed by atoms with Crippen LogP contribution < -0.4 is 10.6 Å². The fourth-order valence-electron chi connectivity index (χ4n) is 3.39. The molecule has 1 heterocycles. The van der Waals surface area contributed by atoms with Gasteiger partial charge in [-0.3, -0.25) is 4.79 Å². The molecular formula is C15H20ClFN2O2.